The van der Waals surface area contributed by atoms with Gasteiger partial charge in [-0.1, -0.05) is 36.4 Å². The summed E-state index contributed by atoms with van der Waals surface area (Å²) in [5, 5.41) is 3.52. The van der Waals surface area contributed by atoms with Crippen LogP contribution in [0.25, 0.3) is 0 Å². The van der Waals surface area contributed by atoms with Crippen molar-refractivity contribution in [2.45, 2.75) is 39.3 Å². The molecule has 0 aliphatic heterocycles. The van der Waals surface area contributed by atoms with Gasteiger partial charge >= 0.3 is 8.80 Å². The lowest BCUT2D eigenvalue weighted by Gasteiger charge is -2.28. The average molecular weight is 338 g/mol. The van der Waals surface area contributed by atoms with Gasteiger partial charge in [0.25, 0.3) is 0 Å². The van der Waals surface area contributed by atoms with Gasteiger partial charge in [-0.25, -0.2) is 0 Å². The maximum absolute atomic E-state index is 5.87. The molecule has 5 heteroatoms. The molecule has 0 saturated carbocycles. The first kappa shape index (κ1) is 20.1. The fourth-order valence-corrected chi connectivity index (χ4v) is 5.17. The maximum Gasteiger partial charge on any atom is 0.500 e. The van der Waals surface area contributed by atoms with E-state index in [0.29, 0.717) is 19.8 Å². The highest BCUT2D eigenvalue weighted by atomic mass is 28.4. The van der Waals surface area contributed by atoms with E-state index >= 15 is 0 Å². The molecule has 4 nitrogen and oxygen atoms in total. The zero-order valence-electron chi connectivity index (χ0n) is 14.7. The van der Waals surface area contributed by atoms with Gasteiger partial charge in [0.2, 0.25) is 0 Å². The van der Waals surface area contributed by atoms with Crippen LogP contribution < -0.4 is 5.32 Å². The third-order valence-electron chi connectivity index (χ3n) is 3.51. The van der Waals surface area contributed by atoms with E-state index in [1.165, 1.54) is 5.56 Å². The Morgan fingerprint density at radius 3 is 2.09 bits per heavy atom. The van der Waals surface area contributed by atoms with E-state index in [4.69, 9.17) is 13.3 Å². The summed E-state index contributed by atoms with van der Waals surface area (Å²) < 4.78 is 17.6. The van der Waals surface area contributed by atoms with Crippen LogP contribution in [0, 0.1) is 0 Å². The normalized spacial score (nSPS) is 13.0. The van der Waals surface area contributed by atoms with Crippen LogP contribution in [0.3, 0.4) is 0 Å². The van der Waals surface area contributed by atoms with Gasteiger partial charge in [-0.05, 0) is 39.3 Å². The second kappa shape index (κ2) is 11.5. The lowest BCUT2D eigenvalue weighted by Crippen LogP contribution is -2.46. The summed E-state index contributed by atoms with van der Waals surface area (Å²) >= 11 is 0. The van der Waals surface area contributed by atoms with Crippen molar-refractivity contribution in [2.75, 3.05) is 26.4 Å². The molecule has 1 N–H and O–H groups in total. The zero-order valence-corrected chi connectivity index (χ0v) is 15.7. The summed E-state index contributed by atoms with van der Waals surface area (Å²) in [6, 6.07) is 11.3. The van der Waals surface area contributed by atoms with Crippen LogP contribution in [0.15, 0.2) is 43.0 Å². The monoisotopic (exact) mass is 337 g/mol. The molecule has 0 aromatic heterocycles. The predicted molar refractivity (Wildman–Crippen MR) is 97.4 cm³/mol. The van der Waals surface area contributed by atoms with E-state index in [-0.39, 0.29) is 6.04 Å². The molecule has 1 unspecified atom stereocenters. The Morgan fingerprint density at radius 2 is 1.61 bits per heavy atom. The first-order valence-corrected chi connectivity index (χ1v) is 10.5. The third kappa shape index (κ3) is 6.97. The van der Waals surface area contributed by atoms with E-state index in [9.17, 15) is 0 Å². The van der Waals surface area contributed by atoms with Crippen LogP contribution >= 0.6 is 0 Å². The molecule has 0 aliphatic rings. The lowest BCUT2D eigenvalue weighted by atomic mass is 10.1. The molecule has 0 bridgehead atoms. The fraction of sp³-hybridized carbons (Fsp3) is 0.556. The minimum absolute atomic E-state index is 0.165. The van der Waals surface area contributed by atoms with Crippen molar-refractivity contribution in [1.29, 1.82) is 0 Å². The molecule has 0 saturated heterocycles. The Hall–Kier alpha value is -0.983. The average Bonchev–Trinajstić information content (AvgIpc) is 2.56. The van der Waals surface area contributed by atoms with Crippen molar-refractivity contribution < 1.29 is 13.3 Å². The van der Waals surface area contributed by atoms with E-state index < -0.39 is 8.80 Å². The summed E-state index contributed by atoms with van der Waals surface area (Å²) in [4.78, 5) is 0. The second-order valence-electron chi connectivity index (χ2n) is 5.16. The van der Waals surface area contributed by atoms with Gasteiger partial charge in [-0.2, -0.15) is 0 Å². The zero-order chi connectivity index (χ0) is 17.0. The number of rotatable bonds is 13. The summed E-state index contributed by atoms with van der Waals surface area (Å²) in [5.41, 5.74) is 1.23. The standard InChI is InChI=1S/C18H31NO3Si/c1-5-18(17-13-10-9-11-14-17)19-15-12-16-23(20-6-2,21-7-3)22-8-4/h5,9-11,13-14,18-19H,1,6-8,12,15-16H2,2-4H3. The SMILES string of the molecule is C=CC(NCCC[Si](OCC)(OCC)OCC)c1ccccc1. The Kier molecular flexibility index (Phi) is 10.1. The van der Waals surface area contributed by atoms with Gasteiger partial charge in [0.05, 0.1) is 6.04 Å². The number of hydrogen-bond acceptors (Lipinski definition) is 4. The van der Waals surface area contributed by atoms with Gasteiger partial charge in [0.15, 0.2) is 0 Å². The van der Waals surface area contributed by atoms with E-state index in [1.54, 1.807) is 0 Å². The molecule has 0 heterocycles. The molecule has 130 valence electrons. The summed E-state index contributed by atoms with van der Waals surface area (Å²) in [6.45, 7) is 12.6. The highest BCUT2D eigenvalue weighted by Crippen LogP contribution is 2.19. The first-order valence-electron chi connectivity index (χ1n) is 8.54. The number of benzene rings is 1. The first-order chi connectivity index (χ1) is 11.2. The molecule has 0 radical (unpaired) electrons. The van der Waals surface area contributed by atoms with Gasteiger partial charge in [0.1, 0.15) is 0 Å². The van der Waals surface area contributed by atoms with Crippen LogP contribution in [0.4, 0.5) is 0 Å². The molecule has 0 aliphatic carbocycles. The van der Waals surface area contributed by atoms with E-state index in [0.717, 1.165) is 19.0 Å². The van der Waals surface area contributed by atoms with Crippen molar-refractivity contribution in [1.82, 2.24) is 5.32 Å². The molecular weight excluding hydrogens is 306 g/mol. The number of nitrogens with one attached hydrogen (secondary N) is 1. The van der Waals surface area contributed by atoms with Crippen molar-refractivity contribution in [3.05, 3.63) is 48.6 Å². The van der Waals surface area contributed by atoms with E-state index in [1.807, 2.05) is 45.0 Å². The van der Waals surface area contributed by atoms with Gasteiger partial charge in [-0.3, -0.25) is 0 Å². The molecule has 1 atom stereocenters. The van der Waals surface area contributed by atoms with Crippen LogP contribution in [0.1, 0.15) is 38.8 Å². The van der Waals surface area contributed by atoms with Gasteiger partial charge in [-0.15, -0.1) is 6.58 Å². The van der Waals surface area contributed by atoms with Gasteiger partial charge < -0.3 is 18.6 Å². The molecule has 0 fully saturated rings. The summed E-state index contributed by atoms with van der Waals surface area (Å²) in [6.07, 6.45) is 2.89. The molecule has 1 aromatic carbocycles. The second-order valence-corrected chi connectivity index (χ2v) is 7.90. The minimum atomic E-state index is -2.52. The van der Waals surface area contributed by atoms with Crippen molar-refractivity contribution >= 4 is 8.80 Å². The lowest BCUT2D eigenvalue weighted by molar-refractivity contribution is 0.0708. The van der Waals surface area contributed by atoms with Crippen LogP contribution in [-0.2, 0) is 13.3 Å². The van der Waals surface area contributed by atoms with Crippen LogP contribution in [-0.4, -0.2) is 35.2 Å². The highest BCUT2D eigenvalue weighted by molar-refractivity contribution is 6.60. The van der Waals surface area contributed by atoms with Crippen LogP contribution in [0.2, 0.25) is 6.04 Å². The van der Waals surface area contributed by atoms with Crippen molar-refractivity contribution in [2.24, 2.45) is 0 Å². The van der Waals surface area contributed by atoms with E-state index in [2.05, 4.69) is 24.0 Å². The predicted octanol–water partition coefficient (Wildman–Crippen LogP) is 3.94. The van der Waals surface area contributed by atoms with Crippen LogP contribution in [0.5, 0.6) is 0 Å². The minimum Gasteiger partial charge on any atom is -0.374 e. The highest BCUT2D eigenvalue weighted by Gasteiger charge is 2.39. The largest absolute Gasteiger partial charge is 0.500 e. The molecule has 1 aromatic rings. The molecule has 0 amide bonds. The van der Waals surface area contributed by atoms with Crippen molar-refractivity contribution in [3.63, 3.8) is 0 Å². The Morgan fingerprint density at radius 1 is 1.04 bits per heavy atom. The maximum atomic E-state index is 5.87. The molecular formula is C18H31NO3Si. The number of hydrogen-bond donors (Lipinski definition) is 1. The molecule has 1 rings (SSSR count). The third-order valence-corrected chi connectivity index (χ3v) is 6.66. The Labute approximate surface area is 142 Å². The fourth-order valence-electron chi connectivity index (χ4n) is 2.56. The Balaban J connectivity index is 2.50. The topological polar surface area (TPSA) is 39.7 Å². The quantitative estimate of drug-likeness (QED) is 0.336. The summed E-state index contributed by atoms with van der Waals surface area (Å²) in [5.74, 6) is 0. The molecule has 0 spiro atoms. The van der Waals surface area contributed by atoms with Crippen molar-refractivity contribution in [3.8, 4) is 0 Å². The molecule has 23 heavy (non-hydrogen) atoms. The van der Waals surface area contributed by atoms with Gasteiger partial charge in [0, 0.05) is 25.9 Å². The Bertz CT molecular complexity index is 411. The smallest absolute Gasteiger partial charge is 0.374 e. The summed E-state index contributed by atoms with van der Waals surface area (Å²) in [7, 11) is -2.52.